The van der Waals surface area contributed by atoms with E-state index in [4.69, 9.17) is 4.42 Å². The molecule has 4 rings (SSSR count). The average molecular weight is 315 g/mol. The van der Waals surface area contributed by atoms with Crippen molar-refractivity contribution in [3.05, 3.63) is 72.8 Å². The second-order valence-electron chi connectivity index (χ2n) is 5.53. The van der Waals surface area contributed by atoms with E-state index in [1.54, 1.807) is 12.1 Å². The van der Waals surface area contributed by atoms with Crippen molar-refractivity contribution in [3.63, 3.8) is 0 Å². The van der Waals surface area contributed by atoms with Crippen LogP contribution in [0.3, 0.4) is 0 Å². The van der Waals surface area contributed by atoms with Gasteiger partial charge in [0.1, 0.15) is 5.52 Å². The molecular weight excluding hydrogens is 301 g/mol. The van der Waals surface area contributed by atoms with Crippen molar-refractivity contribution in [1.29, 1.82) is 0 Å². The normalized spacial score (nSPS) is 10.9. The zero-order valence-electron chi connectivity index (χ0n) is 12.8. The van der Waals surface area contributed by atoms with Gasteiger partial charge in [-0.25, -0.2) is 4.98 Å². The Morgan fingerprint density at radius 2 is 1.50 bits per heavy atom. The van der Waals surface area contributed by atoms with Crippen LogP contribution in [0, 0.1) is 0 Å². The average Bonchev–Trinajstić information content (AvgIpc) is 3.07. The maximum absolute atomic E-state index is 9.21. The first-order chi connectivity index (χ1) is 11.7. The van der Waals surface area contributed by atoms with Crippen molar-refractivity contribution in [1.82, 2.24) is 4.98 Å². The van der Waals surface area contributed by atoms with Crippen molar-refractivity contribution < 1.29 is 14.5 Å². The molecule has 4 aromatic rings. The van der Waals surface area contributed by atoms with Crippen LogP contribution in [0.5, 0.6) is 0 Å². The zero-order chi connectivity index (χ0) is 16.5. The Balaban J connectivity index is 1.83. The molecule has 4 nitrogen and oxygen atoms in total. The lowest BCUT2D eigenvalue weighted by atomic mass is 9.80. The molecule has 0 atom stereocenters. The highest BCUT2D eigenvalue weighted by atomic mass is 16.4. The lowest BCUT2D eigenvalue weighted by Crippen LogP contribution is -2.29. The van der Waals surface area contributed by atoms with Gasteiger partial charge in [-0.05, 0) is 29.2 Å². The second kappa shape index (κ2) is 5.96. The summed E-state index contributed by atoms with van der Waals surface area (Å²) < 4.78 is 5.89. The third-order valence-electron chi connectivity index (χ3n) is 3.96. The summed E-state index contributed by atoms with van der Waals surface area (Å²) in [4.78, 5) is 4.65. The number of benzene rings is 3. The van der Waals surface area contributed by atoms with Gasteiger partial charge in [-0.3, -0.25) is 0 Å². The highest BCUT2D eigenvalue weighted by Crippen LogP contribution is 2.31. The first kappa shape index (κ1) is 14.7. The van der Waals surface area contributed by atoms with Crippen LogP contribution in [0.1, 0.15) is 0 Å². The van der Waals surface area contributed by atoms with Gasteiger partial charge in [0.15, 0.2) is 5.58 Å². The molecule has 0 radical (unpaired) electrons. The third kappa shape index (κ3) is 2.60. The van der Waals surface area contributed by atoms with E-state index in [0.29, 0.717) is 11.4 Å². The van der Waals surface area contributed by atoms with Crippen LogP contribution in [-0.2, 0) is 0 Å². The number of rotatable bonds is 3. The predicted octanol–water partition coefficient (Wildman–Crippen LogP) is 2.84. The quantitative estimate of drug-likeness (QED) is 0.571. The summed E-state index contributed by atoms with van der Waals surface area (Å²) in [7, 11) is -1.47. The molecule has 0 amide bonds. The van der Waals surface area contributed by atoms with Gasteiger partial charge in [-0.2, -0.15) is 0 Å². The standard InChI is InChI=1S/C19H14BNO3/c22-20(23)15-11-9-13(10-12-15)16-7-4-8-17-18(16)21-19(24-17)14-5-2-1-3-6-14/h1-12,22-23H. The number of fused-ring (bicyclic) bond motifs is 1. The number of hydrogen-bond acceptors (Lipinski definition) is 4. The molecule has 0 saturated carbocycles. The van der Waals surface area contributed by atoms with Crippen molar-refractivity contribution in [3.8, 4) is 22.6 Å². The van der Waals surface area contributed by atoms with Crippen LogP contribution in [0.2, 0.25) is 0 Å². The van der Waals surface area contributed by atoms with E-state index in [0.717, 1.165) is 27.8 Å². The topological polar surface area (TPSA) is 66.5 Å². The van der Waals surface area contributed by atoms with Crippen molar-refractivity contribution >= 4 is 23.7 Å². The van der Waals surface area contributed by atoms with Gasteiger partial charge in [0.2, 0.25) is 5.89 Å². The van der Waals surface area contributed by atoms with Gasteiger partial charge in [0, 0.05) is 11.1 Å². The van der Waals surface area contributed by atoms with Crippen LogP contribution < -0.4 is 5.46 Å². The SMILES string of the molecule is OB(O)c1ccc(-c2cccc3oc(-c4ccccc4)nc23)cc1. The van der Waals surface area contributed by atoms with Crippen molar-refractivity contribution in [2.24, 2.45) is 0 Å². The number of para-hydroxylation sites is 1. The number of oxazole rings is 1. The van der Waals surface area contributed by atoms with Gasteiger partial charge < -0.3 is 14.5 Å². The summed E-state index contributed by atoms with van der Waals surface area (Å²) in [5.74, 6) is 0.584. The Hall–Kier alpha value is -2.89. The highest BCUT2D eigenvalue weighted by molar-refractivity contribution is 6.58. The molecule has 116 valence electrons. The predicted molar refractivity (Wildman–Crippen MR) is 94.7 cm³/mol. The van der Waals surface area contributed by atoms with Crippen molar-refractivity contribution in [2.75, 3.05) is 0 Å². The Kier molecular flexibility index (Phi) is 3.65. The summed E-state index contributed by atoms with van der Waals surface area (Å²) in [5.41, 5.74) is 4.77. The molecule has 0 aliphatic carbocycles. The Labute approximate surface area is 139 Å². The van der Waals surface area contributed by atoms with Crippen LogP contribution in [0.4, 0.5) is 0 Å². The van der Waals surface area contributed by atoms with E-state index >= 15 is 0 Å². The number of aromatic nitrogens is 1. The second-order valence-corrected chi connectivity index (χ2v) is 5.53. The molecule has 0 bridgehead atoms. The largest absolute Gasteiger partial charge is 0.488 e. The van der Waals surface area contributed by atoms with Gasteiger partial charge in [0.25, 0.3) is 0 Å². The number of nitrogens with zero attached hydrogens (tertiary/aromatic N) is 1. The molecule has 0 spiro atoms. The summed E-state index contributed by atoms with van der Waals surface area (Å²) in [5, 5.41) is 18.4. The minimum atomic E-state index is -1.47. The van der Waals surface area contributed by atoms with Gasteiger partial charge in [-0.15, -0.1) is 0 Å². The molecule has 0 aliphatic heterocycles. The molecule has 0 aliphatic rings. The minimum Gasteiger partial charge on any atom is -0.436 e. The van der Waals surface area contributed by atoms with Crippen LogP contribution in [0.15, 0.2) is 77.2 Å². The fourth-order valence-corrected chi connectivity index (χ4v) is 2.72. The fraction of sp³-hybridized carbons (Fsp3) is 0. The molecule has 24 heavy (non-hydrogen) atoms. The number of hydrogen-bond donors (Lipinski definition) is 2. The van der Waals surface area contributed by atoms with E-state index in [9.17, 15) is 10.0 Å². The fourth-order valence-electron chi connectivity index (χ4n) is 2.72. The molecular formula is C19H14BNO3. The van der Waals surface area contributed by atoms with E-state index in [1.807, 2.05) is 60.7 Å². The molecule has 1 aromatic heterocycles. The van der Waals surface area contributed by atoms with E-state index in [1.165, 1.54) is 0 Å². The van der Waals surface area contributed by atoms with Gasteiger partial charge in [-0.1, -0.05) is 54.6 Å². The maximum Gasteiger partial charge on any atom is 0.488 e. The lowest BCUT2D eigenvalue weighted by Gasteiger charge is -2.04. The Morgan fingerprint density at radius 1 is 0.750 bits per heavy atom. The molecule has 3 aromatic carbocycles. The smallest absolute Gasteiger partial charge is 0.436 e. The Morgan fingerprint density at radius 3 is 2.21 bits per heavy atom. The highest BCUT2D eigenvalue weighted by Gasteiger charge is 2.14. The molecule has 0 fully saturated rings. The zero-order valence-corrected chi connectivity index (χ0v) is 12.8. The monoisotopic (exact) mass is 315 g/mol. The Bertz CT molecular complexity index is 979. The molecule has 0 unspecified atom stereocenters. The van der Waals surface area contributed by atoms with Crippen LogP contribution in [-0.4, -0.2) is 22.2 Å². The molecule has 5 heteroatoms. The first-order valence-corrected chi connectivity index (χ1v) is 7.64. The minimum absolute atomic E-state index is 0.455. The lowest BCUT2D eigenvalue weighted by molar-refractivity contribution is 0.426. The molecule has 2 N–H and O–H groups in total. The molecule has 0 saturated heterocycles. The maximum atomic E-state index is 9.21. The van der Waals surface area contributed by atoms with E-state index in [2.05, 4.69) is 4.98 Å². The first-order valence-electron chi connectivity index (χ1n) is 7.64. The van der Waals surface area contributed by atoms with Crippen LogP contribution >= 0.6 is 0 Å². The van der Waals surface area contributed by atoms with Gasteiger partial charge in [0.05, 0.1) is 0 Å². The summed E-state index contributed by atoms with van der Waals surface area (Å²) in [6.07, 6.45) is 0. The summed E-state index contributed by atoms with van der Waals surface area (Å²) in [6, 6.07) is 22.6. The third-order valence-corrected chi connectivity index (χ3v) is 3.96. The van der Waals surface area contributed by atoms with E-state index in [-0.39, 0.29) is 0 Å². The van der Waals surface area contributed by atoms with Gasteiger partial charge >= 0.3 is 7.12 Å². The summed E-state index contributed by atoms with van der Waals surface area (Å²) in [6.45, 7) is 0. The summed E-state index contributed by atoms with van der Waals surface area (Å²) >= 11 is 0. The molecule has 1 heterocycles. The van der Waals surface area contributed by atoms with Crippen LogP contribution in [0.25, 0.3) is 33.7 Å². The van der Waals surface area contributed by atoms with Crippen molar-refractivity contribution in [2.45, 2.75) is 0 Å². The van der Waals surface area contributed by atoms with E-state index < -0.39 is 7.12 Å².